The Labute approximate surface area is 186 Å². The van der Waals surface area contributed by atoms with E-state index in [-0.39, 0.29) is 12.7 Å². The Kier molecular flexibility index (Phi) is 6.46. The van der Waals surface area contributed by atoms with E-state index in [1.807, 2.05) is 42.5 Å². The van der Waals surface area contributed by atoms with E-state index in [0.717, 1.165) is 40.2 Å². The molecule has 2 aromatic carbocycles. The van der Waals surface area contributed by atoms with Crippen LogP contribution in [0.2, 0.25) is 0 Å². The number of carbonyl (C=O) groups is 1. The van der Waals surface area contributed by atoms with Crippen LogP contribution < -0.4 is 14.8 Å². The Hall–Kier alpha value is -3.00. The molecule has 2 heterocycles. The number of ether oxygens (including phenoxy) is 2. The molecule has 31 heavy (non-hydrogen) atoms. The van der Waals surface area contributed by atoms with Crippen molar-refractivity contribution in [1.29, 1.82) is 0 Å². The van der Waals surface area contributed by atoms with E-state index < -0.39 is 0 Å². The fourth-order valence-corrected chi connectivity index (χ4v) is 4.33. The van der Waals surface area contributed by atoms with Gasteiger partial charge in [0.25, 0.3) is 5.91 Å². The van der Waals surface area contributed by atoms with E-state index in [9.17, 15) is 4.79 Å². The third-order valence-corrected chi connectivity index (χ3v) is 6.09. The molecule has 0 unspecified atom stereocenters. The molecule has 1 aromatic heterocycles. The molecule has 0 aliphatic carbocycles. The number of rotatable bonds is 8. The molecule has 0 spiro atoms. The summed E-state index contributed by atoms with van der Waals surface area (Å²) in [6.07, 6.45) is 0. The smallest absolute Gasteiger partial charge is 0.251 e. The van der Waals surface area contributed by atoms with Gasteiger partial charge >= 0.3 is 0 Å². The lowest BCUT2D eigenvalue weighted by Gasteiger charge is -2.09. The number of carbonyl (C=O) groups excluding carboxylic acids is 1. The SMILES string of the molecule is CCn1c(SCc2ccc(C(=O)NCc3ccc4c(c3)OCO4)cc2)nnc1C(C)C. The van der Waals surface area contributed by atoms with Crippen LogP contribution in [0.4, 0.5) is 0 Å². The first kappa shape index (κ1) is 21.2. The van der Waals surface area contributed by atoms with E-state index in [1.165, 1.54) is 0 Å². The number of nitrogens with zero attached hydrogens (tertiary/aromatic N) is 3. The number of nitrogens with one attached hydrogen (secondary N) is 1. The number of hydrogen-bond acceptors (Lipinski definition) is 6. The summed E-state index contributed by atoms with van der Waals surface area (Å²) < 4.78 is 12.9. The summed E-state index contributed by atoms with van der Waals surface area (Å²) in [4.78, 5) is 12.5. The number of aromatic nitrogens is 3. The fourth-order valence-electron chi connectivity index (χ4n) is 3.37. The molecule has 0 saturated carbocycles. The summed E-state index contributed by atoms with van der Waals surface area (Å²) in [5.41, 5.74) is 2.73. The van der Waals surface area contributed by atoms with Gasteiger partial charge in [-0.2, -0.15) is 0 Å². The molecule has 0 atom stereocenters. The minimum absolute atomic E-state index is 0.107. The third kappa shape index (κ3) is 4.85. The van der Waals surface area contributed by atoms with Gasteiger partial charge in [-0.1, -0.05) is 43.8 Å². The van der Waals surface area contributed by atoms with Gasteiger partial charge in [-0.05, 0) is 42.3 Å². The molecule has 0 fully saturated rings. The quantitative estimate of drug-likeness (QED) is 0.526. The van der Waals surface area contributed by atoms with Gasteiger partial charge in [0, 0.05) is 30.3 Å². The second-order valence-corrected chi connectivity index (χ2v) is 8.54. The Morgan fingerprint density at radius 3 is 2.58 bits per heavy atom. The van der Waals surface area contributed by atoms with Crippen molar-refractivity contribution in [3.05, 3.63) is 65.0 Å². The molecule has 162 valence electrons. The van der Waals surface area contributed by atoms with E-state index in [2.05, 4.69) is 40.9 Å². The van der Waals surface area contributed by atoms with Gasteiger partial charge in [-0.3, -0.25) is 4.79 Å². The molecule has 0 radical (unpaired) electrons. The second-order valence-electron chi connectivity index (χ2n) is 7.60. The van der Waals surface area contributed by atoms with Crippen LogP contribution in [-0.2, 0) is 18.8 Å². The lowest BCUT2D eigenvalue weighted by molar-refractivity contribution is 0.0951. The number of hydrogen-bond donors (Lipinski definition) is 1. The maximum Gasteiger partial charge on any atom is 0.251 e. The van der Waals surface area contributed by atoms with Crippen LogP contribution in [0.1, 0.15) is 54.0 Å². The van der Waals surface area contributed by atoms with E-state index in [4.69, 9.17) is 9.47 Å². The highest BCUT2D eigenvalue weighted by molar-refractivity contribution is 7.98. The maximum absolute atomic E-state index is 12.5. The monoisotopic (exact) mass is 438 g/mol. The number of thioether (sulfide) groups is 1. The first-order valence-corrected chi connectivity index (χ1v) is 11.3. The molecule has 1 N–H and O–H groups in total. The molecular weight excluding hydrogens is 412 g/mol. The van der Waals surface area contributed by atoms with Crippen molar-refractivity contribution < 1.29 is 14.3 Å². The second kappa shape index (κ2) is 9.43. The van der Waals surface area contributed by atoms with Crippen LogP contribution in [-0.4, -0.2) is 27.5 Å². The van der Waals surface area contributed by atoms with Crippen LogP contribution in [0.5, 0.6) is 11.5 Å². The molecule has 4 rings (SSSR count). The molecule has 1 aliphatic heterocycles. The van der Waals surface area contributed by atoms with Gasteiger partial charge in [0.1, 0.15) is 5.82 Å². The van der Waals surface area contributed by atoms with Crippen molar-refractivity contribution in [2.45, 2.75) is 50.7 Å². The maximum atomic E-state index is 12.5. The van der Waals surface area contributed by atoms with Gasteiger partial charge in [0.05, 0.1) is 0 Å². The molecule has 8 heteroatoms. The summed E-state index contributed by atoms with van der Waals surface area (Å²) in [5, 5.41) is 12.5. The first-order valence-electron chi connectivity index (χ1n) is 10.4. The molecule has 0 bridgehead atoms. The summed E-state index contributed by atoms with van der Waals surface area (Å²) in [7, 11) is 0. The summed E-state index contributed by atoms with van der Waals surface area (Å²) >= 11 is 1.66. The van der Waals surface area contributed by atoms with Gasteiger partial charge < -0.3 is 19.4 Å². The van der Waals surface area contributed by atoms with E-state index in [0.29, 0.717) is 23.8 Å². The van der Waals surface area contributed by atoms with E-state index in [1.54, 1.807) is 11.8 Å². The highest BCUT2D eigenvalue weighted by atomic mass is 32.2. The zero-order valence-corrected chi connectivity index (χ0v) is 18.7. The number of benzene rings is 2. The normalized spacial score (nSPS) is 12.4. The Morgan fingerprint density at radius 2 is 1.84 bits per heavy atom. The van der Waals surface area contributed by atoms with Crippen molar-refractivity contribution in [1.82, 2.24) is 20.1 Å². The summed E-state index contributed by atoms with van der Waals surface area (Å²) in [5.74, 6) is 3.48. The average Bonchev–Trinajstić information content (AvgIpc) is 3.42. The Morgan fingerprint density at radius 1 is 1.10 bits per heavy atom. The van der Waals surface area contributed by atoms with Gasteiger partial charge in [0.15, 0.2) is 16.7 Å². The standard InChI is InChI=1S/C23H26N4O3S/c1-4-27-21(15(2)3)25-26-23(27)31-13-16-5-8-18(9-6-16)22(28)24-12-17-7-10-19-20(11-17)30-14-29-19/h5-11,15H,4,12-14H2,1-3H3,(H,24,28). The van der Waals surface area contributed by atoms with Crippen molar-refractivity contribution in [3.8, 4) is 11.5 Å². The molecule has 0 saturated heterocycles. The summed E-state index contributed by atoms with van der Waals surface area (Å²) in [6.45, 7) is 7.88. The topological polar surface area (TPSA) is 78.3 Å². The Balaban J connectivity index is 1.32. The summed E-state index contributed by atoms with van der Waals surface area (Å²) in [6, 6.07) is 13.4. The van der Waals surface area contributed by atoms with Crippen molar-refractivity contribution in [2.75, 3.05) is 6.79 Å². The van der Waals surface area contributed by atoms with Gasteiger partial charge in [0.2, 0.25) is 6.79 Å². The predicted molar refractivity (Wildman–Crippen MR) is 120 cm³/mol. The lowest BCUT2D eigenvalue weighted by atomic mass is 10.1. The predicted octanol–water partition coefficient (Wildman–Crippen LogP) is 4.37. The molecule has 3 aromatic rings. The van der Waals surface area contributed by atoms with E-state index >= 15 is 0 Å². The Bertz CT molecular complexity index is 1060. The van der Waals surface area contributed by atoms with Gasteiger partial charge in [-0.25, -0.2) is 0 Å². The molecule has 1 aliphatic rings. The van der Waals surface area contributed by atoms with Crippen LogP contribution in [0.15, 0.2) is 47.6 Å². The van der Waals surface area contributed by atoms with Crippen molar-refractivity contribution in [3.63, 3.8) is 0 Å². The van der Waals surface area contributed by atoms with Gasteiger partial charge in [-0.15, -0.1) is 10.2 Å². The first-order chi connectivity index (χ1) is 15.0. The van der Waals surface area contributed by atoms with Crippen LogP contribution in [0.3, 0.4) is 0 Å². The highest BCUT2D eigenvalue weighted by Crippen LogP contribution is 2.32. The lowest BCUT2D eigenvalue weighted by Crippen LogP contribution is -2.22. The fraction of sp³-hybridized carbons (Fsp3) is 0.348. The van der Waals surface area contributed by atoms with Crippen LogP contribution >= 0.6 is 11.8 Å². The third-order valence-electron chi connectivity index (χ3n) is 5.05. The zero-order chi connectivity index (χ0) is 21.8. The molecule has 7 nitrogen and oxygen atoms in total. The highest BCUT2D eigenvalue weighted by Gasteiger charge is 2.15. The average molecular weight is 439 g/mol. The largest absolute Gasteiger partial charge is 0.454 e. The van der Waals surface area contributed by atoms with Crippen molar-refractivity contribution in [2.24, 2.45) is 0 Å². The zero-order valence-electron chi connectivity index (χ0n) is 17.9. The van der Waals surface area contributed by atoms with Crippen molar-refractivity contribution >= 4 is 17.7 Å². The number of fused-ring (bicyclic) bond motifs is 1. The minimum Gasteiger partial charge on any atom is -0.454 e. The minimum atomic E-state index is -0.107. The van der Waals surface area contributed by atoms with Crippen LogP contribution in [0.25, 0.3) is 0 Å². The molecule has 1 amide bonds. The molecular formula is C23H26N4O3S. The van der Waals surface area contributed by atoms with Crippen LogP contribution in [0, 0.1) is 0 Å². The number of amides is 1.